The lowest BCUT2D eigenvalue weighted by atomic mass is 10.0. The van der Waals surface area contributed by atoms with Crippen molar-refractivity contribution < 1.29 is 23.3 Å². The van der Waals surface area contributed by atoms with Crippen molar-refractivity contribution in [2.45, 2.75) is 69.2 Å². The van der Waals surface area contributed by atoms with E-state index in [0.717, 1.165) is 25.8 Å². The average Bonchev–Trinajstić information content (AvgIpc) is 3.57. The number of ether oxygens (including phenoxy) is 3. The van der Waals surface area contributed by atoms with Crippen molar-refractivity contribution in [1.29, 1.82) is 0 Å². The van der Waals surface area contributed by atoms with Crippen molar-refractivity contribution in [3.8, 4) is 0 Å². The van der Waals surface area contributed by atoms with Gasteiger partial charge in [0.15, 0.2) is 0 Å². The normalized spacial score (nSPS) is 33.4. The van der Waals surface area contributed by atoms with Crippen molar-refractivity contribution >= 4 is 8.53 Å². The van der Waals surface area contributed by atoms with Crippen molar-refractivity contribution in [2.24, 2.45) is 0 Å². The van der Waals surface area contributed by atoms with Gasteiger partial charge in [0.2, 0.25) is 0 Å². The third kappa shape index (κ3) is 5.24. The lowest BCUT2D eigenvalue weighted by Gasteiger charge is -2.29. The first-order valence-electron chi connectivity index (χ1n) is 12.5. The molecule has 0 bridgehead atoms. The van der Waals surface area contributed by atoms with Crippen LogP contribution in [0.5, 0.6) is 0 Å². The summed E-state index contributed by atoms with van der Waals surface area (Å²) in [4.78, 5) is 0. The molecule has 3 heterocycles. The summed E-state index contributed by atoms with van der Waals surface area (Å²) in [6.45, 7) is 4.25. The van der Waals surface area contributed by atoms with Gasteiger partial charge >= 0.3 is 0 Å². The number of rotatable bonds is 10. The molecule has 7 atom stereocenters. The number of benzene rings is 2. The predicted molar refractivity (Wildman–Crippen MR) is 133 cm³/mol. The van der Waals surface area contributed by atoms with E-state index >= 15 is 0 Å². The molecule has 0 aromatic heterocycles. The summed E-state index contributed by atoms with van der Waals surface area (Å²) in [7, 11) is 0.527. The molecule has 6 nitrogen and oxygen atoms in total. The lowest BCUT2D eigenvalue weighted by Crippen LogP contribution is -2.38. The molecule has 3 saturated heterocycles. The molecule has 2 aromatic rings. The van der Waals surface area contributed by atoms with Crippen LogP contribution in [0.15, 0.2) is 60.7 Å². The largest absolute Gasteiger partial charge is 0.382 e. The second-order valence-corrected chi connectivity index (χ2v) is 10.7. The molecular weight excluding hydrogens is 449 g/mol. The molecule has 2 unspecified atom stereocenters. The number of hydrogen-bond acceptors (Lipinski definition) is 6. The van der Waals surface area contributed by atoms with Crippen LogP contribution >= 0.6 is 8.53 Å². The van der Waals surface area contributed by atoms with Crippen LogP contribution in [0.2, 0.25) is 0 Å². The third-order valence-electron chi connectivity index (χ3n) is 7.06. The summed E-state index contributed by atoms with van der Waals surface area (Å²) in [5.74, 6) is 0. The molecule has 34 heavy (non-hydrogen) atoms. The number of methoxy groups -OCH3 is 1. The SMILES string of the molecule is CC[C@H]1O[C@@H](Cc2ccccc2)[C@@H](OCCOC)C1OP1O[C@@H](c2ccccc2)[C@H]2CCCN21. The van der Waals surface area contributed by atoms with Crippen molar-refractivity contribution in [2.75, 3.05) is 26.9 Å². The number of fused-ring (bicyclic) bond motifs is 1. The molecule has 3 aliphatic heterocycles. The van der Waals surface area contributed by atoms with Gasteiger partial charge in [0, 0.05) is 26.1 Å². The Morgan fingerprint density at radius 2 is 1.74 bits per heavy atom. The molecule has 0 saturated carbocycles. The highest BCUT2D eigenvalue weighted by atomic mass is 31.2. The van der Waals surface area contributed by atoms with Crippen molar-refractivity contribution in [1.82, 2.24) is 4.67 Å². The van der Waals surface area contributed by atoms with E-state index in [4.69, 9.17) is 23.3 Å². The minimum absolute atomic E-state index is 0.0239. The first-order chi connectivity index (χ1) is 16.8. The van der Waals surface area contributed by atoms with E-state index < -0.39 is 8.53 Å². The summed E-state index contributed by atoms with van der Waals surface area (Å²) in [6, 6.07) is 21.4. The molecule has 0 spiro atoms. The monoisotopic (exact) mass is 485 g/mol. The van der Waals surface area contributed by atoms with E-state index in [-0.39, 0.29) is 30.5 Å². The van der Waals surface area contributed by atoms with Gasteiger partial charge in [-0.25, -0.2) is 4.67 Å². The second kappa shape index (κ2) is 11.6. The highest BCUT2D eigenvalue weighted by Gasteiger charge is 2.52. The zero-order valence-corrected chi connectivity index (χ0v) is 21.0. The van der Waals surface area contributed by atoms with Gasteiger partial charge in [0.05, 0.1) is 25.4 Å². The minimum atomic E-state index is -1.17. The molecule has 3 aliphatic rings. The van der Waals surface area contributed by atoms with Crippen LogP contribution in [0, 0.1) is 0 Å². The molecule has 2 aromatic carbocycles. The van der Waals surface area contributed by atoms with Gasteiger partial charge in [0.25, 0.3) is 8.53 Å². The average molecular weight is 486 g/mol. The summed E-state index contributed by atoms with van der Waals surface area (Å²) < 4.78 is 34.1. The van der Waals surface area contributed by atoms with Crippen molar-refractivity contribution in [3.05, 3.63) is 71.8 Å². The Labute approximate surface area is 204 Å². The summed E-state index contributed by atoms with van der Waals surface area (Å²) in [5, 5.41) is 0. The Hall–Kier alpha value is -1.37. The third-order valence-corrected chi connectivity index (χ3v) is 8.81. The molecule has 3 fully saturated rings. The Bertz CT molecular complexity index is 887. The Balaban J connectivity index is 1.34. The topological polar surface area (TPSA) is 49.4 Å². The zero-order chi connectivity index (χ0) is 23.3. The van der Waals surface area contributed by atoms with Gasteiger partial charge in [-0.2, -0.15) is 0 Å². The molecule has 0 amide bonds. The molecular formula is C27H36NO5P. The van der Waals surface area contributed by atoms with Crippen LogP contribution in [0.4, 0.5) is 0 Å². The molecule has 7 heteroatoms. The first-order valence-corrected chi connectivity index (χ1v) is 13.7. The fourth-order valence-corrected chi connectivity index (χ4v) is 7.37. The van der Waals surface area contributed by atoms with Crippen LogP contribution in [-0.4, -0.2) is 62.0 Å². The van der Waals surface area contributed by atoms with Crippen LogP contribution < -0.4 is 0 Å². The Morgan fingerprint density at radius 1 is 0.971 bits per heavy atom. The number of hydrogen-bond donors (Lipinski definition) is 0. The molecule has 5 rings (SSSR count). The minimum Gasteiger partial charge on any atom is -0.382 e. The van der Waals surface area contributed by atoms with Gasteiger partial charge < -0.3 is 23.3 Å². The van der Waals surface area contributed by atoms with Gasteiger partial charge in [-0.05, 0) is 30.4 Å². The number of nitrogens with zero attached hydrogens (tertiary/aromatic N) is 1. The van der Waals surface area contributed by atoms with E-state index in [1.54, 1.807) is 7.11 Å². The van der Waals surface area contributed by atoms with E-state index in [9.17, 15) is 0 Å². The molecule has 0 N–H and O–H groups in total. The van der Waals surface area contributed by atoms with E-state index in [1.807, 2.05) is 6.07 Å². The van der Waals surface area contributed by atoms with Crippen LogP contribution in [0.1, 0.15) is 43.4 Å². The Morgan fingerprint density at radius 3 is 2.47 bits per heavy atom. The predicted octanol–water partition coefficient (Wildman–Crippen LogP) is 5.29. The Kier molecular flexibility index (Phi) is 8.28. The summed E-state index contributed by atoms with van der Waals surface area (Å²) in [5.41, 5.74) is 2.48. The summed E-state index contributed by atoms with van der Waals surface area (Å²) in [6.07, 6.45) is 3.63. The van der Waals surface area contributed by atoms with Gasteiger partial charge in [-0.3, -0.25) is 0 Å². The van der Waals surface area contributed by atoms with E-state index in [2.05, 4.69) is 66.2 Å². The molecule has 0 aliphatic carbocycles. The smallest absolute Gasteiger partial charge is 0.260 e. The van der Waals surface area contributed by atoms with Gasteiger partial charge in [-0.1, -0.05) is 67.6 Å². The van der Waals surface area contributed by atoms with Crippen LogP contribution in [0.3, 0.4) is 0 Å². The van der Waals surface area contributed by atoms with Crippen molar-refractivity contribution in [3.63, 3.8) is 0 Å². The van der Waals surface area contributed by atoms with Crippen LogP contribution in [0.25, 0.3) is 0 Å². The van der Waals surface area contributed by atoms with Gasteiger partial charge in [0.1, 0.15) is 18.3 Å². The maximum Gasteiger partial charge on any atom is 0.260 e. The highest BCUT2D eigenvalue weighted by molar-refractivity contribution is 7.45. The quantitative estimate of drug-likeness (QED) is 0.337. The zero-order valence-electron chi connectivity index (χ0n) is 20.1. The fourth-order valence-electron chi connectivity index (χ4n) is 5.37. The van der Waals surface area contributed by atoms with Crippen LogP contribution in [-0.2, 0) is 29.7 Å². The maximum absolute atomic E-state index is 6.83. The second-order valence-electron chi connectivity index (χ2n) is 9.26. The molecule has 0 radical (unpaired) electrons. The highest BCUT2D eigenvalue weighted by Crippen LogP contribution is 2.61. The summed E-state index contributed by atoms with van der Waals surface area (Å²) >= 11 is 0. The standard InChI is InChI=1S/C27H36NO5P/c1-3-23-27(26(30-18-17-29-2)24(31-23)19-20-11-6-4-7-12-20)33-34-28-16-10-15-22(28)25(32-34)21-13-8-5-9-14-21/h4-9,11-14,22-27H,3,10,15-19H2,1-2H3/t22-,23-,24+,25+,26-,27?,34?/m1/s1. The van der Waals surface area contributed by atoms with E-state index in [0.29, 0.717) is 19.3 Å². The van der Waals surface area contributed by atoms with Gasteiger partial charge in [-0.15, -0.1) is 0 Å². The first kappa shape index (κ1) is 24.3. The fraction of sp³-hybridized carbons (Fsp3) is 0.556. The maximum atomic E-state index is 6.83. The molecule has 184 valence electrons. The van der Waals surface area contributed by atoms with E-state index in [1.165, 1.54) is 17.5 Å². The lowest BCUT2D eigenvalue weighted by molar-refractivity contribution is -0.0479.